The molecule has 104 valence electrons. The average Bonchev–Trinajstić information content (AvgIpc) is 2.33. The number of nitrogen functional groups attached to an aromatic ring is 1. The molecule has 0 spiro atoms. The fourth-order valence-electron chi connectivity index (χ4n) is 2.55. The van der Waals surface area contributed by atoms with Crippen LogP contribution < -0.4 is 10.6 Å². The van der Waals surface area contributed by atoms with Gasteiger partial charge in [-0.3, -0.25) is 5.41 Å². The first kappa shape index (κ1) is 14.3. The van der Waals surface area contributed by atoms with E-state index in [1.165, 1.54) is 19.3 Å². The van der Waals surface area contributed by atoms with Gasteiger partial charge in [-0.2, -0.15) is 0 Å². The van der Waals surface area contributed by atoms with Gasteiger partial charge in [0, 0.05) is 24.2 Å². The van der Waals surface area contributed by atoms with Crippen LogP contribution in [0.2, 0.25) is 0 Å². The zero-order chi connectivity index (χ0) is 13.8. The molecule has 1 aromatic rings. The van der Waals surface area contributed by atoms with E-state index in [1.807, 2.05) is 0 Å². The Balaban J connectivity index is 2.26. The number of amidine groups is 1. The van der Waals surface area contributed by atoms with Crippen LogP contribution in [0.25, 0.3) is 0 Å². The van der Waals surface area contributed by atoms with E-state index in [0.717, 1.165) is 34.4 Å². The highest BCUT2D eigenvalue weighted by Crippen LogP contribution is 2.33. The van der Waals surface area contributed by atoms with Gasteiger partial charge in [0.05, 0.1) is 5.56 Å². The van der Waals surface area contributed by atoms with E-state index in [1.54, 1.807) is 11.8 Å². The van der Waals surface area contributed by atoms with Gasteiger partial charge in [-0.1, -0.05) is 19.4 Å². The SMILES string of the molecule is CCSc1cccc(N(C)CC2CCC2)c1C(=N)N. The maximum Gasteiger partial charge on any atom is 0.126 e. The van der Waals surface area contributed by atoms with E-state index in [9.17, 15) is 0 Å². The van der Waals surface area contributed by atoms with Gasteiger partial charge in [-0.05, 0) is 36.6 Å². The van der Waals surface area contributed by atoms with E-state index < -0.39 is 0 Å². The van der Waals surface area contributed by atoms with Crippen LogP contribution in [-0.2, 0) is 0 Å². The highest BCUT2D eigenvalue weighted by molar-refractivity contribution is 7.99. The molecule has 0 unspecified atom stereocenters. The van der Waals surface area contributed by atoms with E-state index in [0.29, 0.717) is 0 Å². The summed E-state index contributed by atoms with van der Waals surface area (Å²) in [5.41, 5.74) is 7.80. The number of nitrogens with one attached hydrogen (secondary N) is 1. The standard InChI is InChI=1S/C15H23N3S/c1-3-19-13-9-5-8-12(14(13)15(16)17)18(2)10-11-6-4-7-11/h5,8-9,11H,3-4,6-7,10H2,1-2H3,(H3,16,17). The Morgan fingerprint density at radius 2 is 2.21 bits per heavy atom. The highest BCUT2D eigenvalue weighted by Gasteiger charge is 2.21. The van der Waals surface area contributed by atoms with E-state index in [4.69, 9.17) is 11.1 Å². The molecular weight excluding hydrogens is 254 g/mol. The molecule has 1 fully saturated rings. The molecule has 1 aliphatic rings. The highest BCUT2D eigenvalue weighted by atomic mass is 32.2. The lowest BCUT2D eigenvalue weighted by molar-refractivity contribution is 0.321. The molecule has 0 bridgehead atoms. The van der Waals surface area contributed by atoms with Gasteiger partial charge < -0.3 is 10.6 Å². The summed E-state index contributed by atoms with van der Waals surface area (Å²) in [6.45, 7) is 3.19. The van der Waals surface area contributed by atoms with Crippen molar-refractivity contribution in [2.75, 3.05) is 24.2 Å². The Morgan fingerprint density at radius 3 is 2.74 bits per heavy atom. The summed E-state index contributed by atoms with van der Waals surface area (Å²) < 4.78 is 0. The van der Waals surface area contributed by atoms with Crippen molar-refractivity contribution in [1.29, 1.82) is 5.41 Å². The minimum absolute atomic E-state index is 0.173. The molecule has 0 heterocycles. The quantitative estimate of drug-likeness (QED) is 0.476. The smallest absolute Gasteiger partial charge is 0.126 e. The van der Waals surface area contributed by atoms with Crippen molar-refractivity contribution in [3.63, 3.8) is 0 Å². The first-order valence-corrected chi connectivity index (χ1v) is 7.93. The first-order valence-electron chi connectivity index (χ1n) is 6.94. The van der Waals surface area contributed by atoms with Gasteiger partial charge >= 0.3 is 0 Å². The van der Waals surface area contributed by atoms with Crippen LogP contribution in [0.4, 0.5) is 5.69 Å². The number of benzene rings is 1. The zero-order valence-electron chi connectivity index (χ0n) is 11.8. The minimum Gasteiger partial charge on any atom is -0.384 e. The molecule has 0 saturated heterocycles. The lowest BCUT2D eigenvalue weighted by atomic mass is 9.85. The van der Waals surface area contributed by atoms with Gasteiger partial charge in [0.15, 0.2) is 0 Å². The predicted octanol–water partition coefficient (Wildman–Crippen LogP) is 3.32. The zero-order valence-corrected chi connectivity index (χ0v) is 12.6. The predicted molar refractivity (Wildman–Crippen MR) is 84.5 cm³/mol. The third-order valence-electron chi connectivity index (χ3n) is 3.74. The second-order valence-electron chi connectivity index (χ2n) is 5.17. The number of hydrogen-bond acceptors (Lipinski definition) is 3. The van der Waals surface area contributed by atoms with Crippen LogP contribution in [0.1, 0.15) is 31.7 Å². The number of nitrogens with two attached hydrogens (primary N) is 1. The third-order valence-corrected chi connectivity index (χ3v) is 4.68. The summed E-state index contributed by atoms with van der Waals surface area (Å²) in [5, 5.41) is 7.87. The summed E-state index contributed by atoms with van der Waals surface area (Å²) in [4.78, 5) is 3.38. The molecule has 4 heteroatoms. The van der Waals surface area contributed by atoms with Gasteiger partial charge in [0.2, 0.25) is 0 Å². The summed E-state index contributed by atoms with van der Waals surface area (Å²) >= 11 is 1.75. The Kier molecular flexibility index (Phi) is 4.75. The van der Waals surface area contributed by atoms with Gasteiger partial charge in [0.25, 0.3) is 0 Å². The second-order valence-corrected chi connectivity index (χ2v) is 6.48. The molecule has 0 aromatic heterocycles. The van der Waals surface area contributed by atoms with Crippen LogP contribution in [0.3, 0.4) is 0 Å². The Morgan fingerprint density at radius 1 is 1.47 bits per heavy atom. The van der Waals surface area contributed by atoms with E-state index in [2.05, 4.69) is 37.1 Å². The van der Waals surface area contributed by atoms with Crippen LogP contribution in [0.5, 0.6) is 0 Å². The first-order chi connectivity index (χ1) is 9.13. The van der Waals surface area contributed by atoms with Gasteiger partial charge in [-0.15, -0.1) is 11.8 Å². The number of anilines is 1. The lowest BCUT2D eigenvalue weighted by Gasteiger charge is -2.32. The number of thioether (sulfide) groups is 1. The average molecular weight is 277 g/mol. The third kappa shape index (κ3) is 3.24. The Labute approximate surface area is 120 Å². The normalized spacial score (nSPS) is 15.1. The van der Waals surface area contributed by atoms with Crippen LogP contribution >= 0.6 is 11.8 Å². The monoisotopic (exact) mass is 277 g/mol. The molecule has 0 atom stereocenters. The van der Waals surface area contributed by atoms with Crippen LogP contribution in [0.15, 0.2) is 23.1 Å². The molecule has 2 rings (SSSR count). The summed E-state index contributed by atoms with van der Waals surface area (Å²) in [7, 11) is 2.11. The van der Waals surface area contributed by atoms with Crippen molar-refractivity contribution in [1.82, 2.24) is 0 Å². The molecule has 0 radical (unpaired) electrons. The minimum atomic E-state index is 0.173. The lowest BCUT2D eigenvalue weighted by Crippen LogP contribution is -2.31. The molecule has 0 amide bonds. The largest absolute Gasteiger partial charge is 0.384 e. The van der Waals surface area contributed by atoms with Crippen molar-refractivity contribution in [3.05, 3.63) is 23.8 Å². The maximum atomic E-state index is 7.87. The molecule has 3 N–H and O–H groups in total. The van der Waals surface area contributed by atoms with Crippen molar-refractivity contribution in [2.24, 2.45) is 11.7 Å². The van der Waals surface area contributed by atoms with Gasteiger partial charge in [0.1, 0.15) is 5.84 Å². The maximum absolute atomic E-state index is 7.87. The topological polar surface area (TPSA) is 53.1 Å². The summed E-state index contributed by atoms with van der Waals surface area (Å²) in [5.74, 6) is 1.98. The molecule has 19 heavy (non-hydrogen) atoms. The molecular formula is C15H23N3S. The number of nitrogens with zero attached hydrogens (tertiary/aromatic N) is 1. The molecule has 1 saturated carbocycles. The number of hydrogen-bond donors (Lipinski definition) is 2. The fraction of sp³-hybridized carbons (Fsp3) is 0.533. The van der Waals surface area contributed by atoms with E-state index in [-0.39, 0.29) is 5.84 Å². The van der Waals surface area contributed by atoms with Crippen LogP contribution in [-0.4, -0.2) is 25.2 Å². The van der Waals surface area contributed by atoms with Crippen molar-refractivity contribution in [3.8, 4) is 0 Å². The van der Waals surface area contributed by atoms with E-state index >= 15 is 0 Å². The number of rotatable bonds is 6. The molecule has 1 aliphatic carbocycles. The second kappa shape index (κ2) is 6.33. The van der Waals surface area contributed by atoms with Gasteiger partial charge in [-0.25, -0.2) is 0 Å². The fourth-order valence-corrected chi connectivity index (χ4v) is 3.39. The summed E-state index contributed by atoms with van der Waals surface area (Å²) in [6, 6.07) is 6.21. The van der Waals surface area contributed by atoms with Crippen molar-refractivity contribution >= 4 is 23.3 Å². The van der Waals surface area contributed by atoms with Crippen molar-refractivity contribution < 1.29 is 0 Å². The molecule has 1 aromatic carbocycles. The van der Waals surface area contributed by atoms with Crippen LogP contribution in [0, 0.1) is 11.3 Å². The van der Waals surface area contributed by atoms with Crippen molar-refractivity contribution in [2.45, 2.75) is 31.1 Å². The Hall–Kier alpha value is -1.16. The Bertz CT molecular complexity index is 455. The molecule has 3 nitrogen and oxygen atoms in total. The molecule has 0 aliphatic heterocycles. The summed E-state index contributed by atoms with van der Waals surface area (Å²) in [6.07, 6.45) is 4.04.